The number of benzene rings is 2. The van der Waals surface area contributed by atoms with Crippen molar-refractivity contribution in [2.45, 2.75) is 19.4 Å². The SMILES string of the molecule is COc1ccc(CCCOS(C)(=O)=O)cc1OCc1coc(C=Cc2ccccc2)n1. The van der Waals surface area contributed by atoms with Crippen molar-refractivity contribution in [2.24, 2.45) is 0 Å². The predicted molar refractivity (Wildman–Crippen MR) is 118 cm³/mol. The van der Waals surface area contributed by atoms with Gasteiger partial charge in [-0.1, -0.05) is 36.4 Å². The Labute approximate surface area is 182 Å². The Kier molecular flexibility index (Phi) is 7.86. The number of rotatable bonds is 11. The van der Waals surface area contributed by atoms with E-state index < -0.39 is 10.1 Å². The van der Waals surface area contributed by atoms with E-state index in [1.165, 1.54) is 0 Å². The quantitative estimate of drug-likeness (QED) is 0.322. The zero-order valence-electron chi connectivity index (χ0n) is 17.5. The van der Waals surface area contributed by atoms with Crippen LogP contribution in [0.1, 0.15) is 29.1 Å². The molecule has 31 heavy (non-hydrogen) atoms. The van der Waals surface area contributed by atoms with Crippen LogP contribution in [0, 0.1) is 0 Å². The van der Waals surface area contributed by atoms with Gasteiger partial charge in [-0.25, -0.2) is 4.98 Å². The summed E-state index contributed by atoms with van der Waals surface area (Å²) in [6, 6.07) is 15.5. The fraction of sp³-hybridized carbons (Fsp3) is 0.261. The monoisotopic (exact) mass is 443 g/mol. The molecule has 0 aliphatic rings. The van der Waals surface area contributed by atoms with Gasteiger partial charge in [-0.05, 0) is 42.2 Å². The molecule has 2 aromatic carbocycles. The zero-order valence-corrected chi connectivity index (χ0v) is 18.3. The molecule has 0 amide bonds. The van der Waals surface area contributed by atoms with E-state index in [1.54, 1.807) is 19.4 Å². The van der Waals surface area contributed by atoms with Crippen molar-refractivity contribution in [3.63, 3.8) is 0 Å². The molecule has 0 spiro atoms. The summed E-state index contributed by atoms with van der Waals surface area (Å²) in [5.41, 5.74) is 2.70. The van der Waals surface area contributed by atoms with Gasteiger partial charge >= 0.3 is 0 Å². The third kappa shape index (κ3) is 7.58. The number of hydrogen-bond donors (Lipinski definition) is 0. The van der Waals surface area contributed by atoms with Crippen molar-refractivity contribution < 1.29 is 26.5 Å². The fourth-order valence-corrected chi connectivity index (χ4v) is 3.25. The first-order valence-corrected chi connectivity index (χ1v) is 11.6. The number of aromatic nitrogens is 1. The van der Waals surface area contributed by atoms with Crippen LogP contribution in [-0.2, 0) is 27.3 Å². The number of oxazole rings is 1. The van der Waals surface area contributed by atoms with E-state index in [-0.39, 0.29) is 13.2 Å². The third-order valence-corrected chi connectivity index (χ3v) is 4.89. The molecule has 0 unspecified atom stereocenters. The lowest BCUT2D eigenvalue weighted by atomic mass is 10.1. The van der Waals surface area contributed by atoms with Crippen LogP contribution in [0.15, 0.2) is 59.2 Å². The van der Waals surface area contributed by atoms with Crippen LogP contribution >= 0.6 is 0 Å². The molecule has 0 aliphatic carbocycles. The molecule has 7 nitrogen and oxygen atoms in total. The lowest BCUT2D eigenvalue weighted by Gasteiger charge is -2.11. The number of ether oxygens (including phenoxy) is 2. The molecular formula is C23H25NO6S. The van der Waals surface area contributed by atoms with Gasteiger partial charge in [-0.2, -0.15) is 8.42 Å². The minimum atomic E-state index is -3.42. The Balaban J connectivity index is 1.58. The lowest BCUT2D eigenvalue weighted by Crippen LogP contribution is -2.05. The summed E-state index contributed by atoms with van der Waals surface area (Å²) in [6.45, 7) is 0.360. The molecule has 0 atom stereocenters. The van der Waals surface area contributed by atoms with E-state index in [4.69, 9.17) is 18.1 Å². The smallest absolute Gasteiger partial charge is 0.264 e. The van der Waals surface area contributed by atoms with Gasteiger partial charge in [0.05, 0.1) is 20.0 Å². The van der Waals surface area contributed by atoms with Gasteiger partial charge in [0.2, 0.25) is 5.89 Å². The van der Waals surface area contributed by atoms with Gasteiger partial charge in [0.15, 0.2) is 11.5 Å². The summed E-state index contributed by atoms with van der Waals surface area (Å²) < 4.78 is 43.6. The summed E-state index contributed by atoms with van der Waals surface area (Å²) in [4.78, 5) is 4.41. The highest BCUT2D eigenvalue weighted by Gasteiger charge is 2.09. The normalized spacial score (nSPS) is 11.7. The summed E-state index contributed by atoms with van der Waals surface area (Å²) in [7, 11) is -1.85. The van der Waals surface area contributed by atoms with Crippen molar-refractivity contribution in [3.05, 3.63) is 77.5 Å². The summed E-state index contributed by atoms with van der Waals surface area (Å²) in [5, 5.41) is 0. The molecule has 0 bridgehead atoms. The first-order chi connectivity index (χ1) is 14.9. The highest BCUT2D eigenvalue weighted by Crippen LogP contribution is 2.29. The van der Waals surface area contributed by atoms with Crippen molar-refractivity contribution in [1.82, 2.24) is 4.98 Å². The first kappa shape index (κ1) is 22.6. The van der Waals surface area contributed by atoms with Crippen molar-refractivity contribution in [3.8, 4) is 11.5 Å². The van der Waals surface area contributed by atoms with Crippen LogP contribution in [-0.4, -0.2) is 33.4 Å². The van der Waals surface area contributed by atoms with Gasteiger partial charge in [0, 0.05) is 6.08 Å². The second kappa shape index (κ2) is 10.8. The zero-order chi connectivity index (χ0) is 22.1. The summed E-state index contributed by atoms with van der Waals surface area (Å²) in [5.74, 6) is 1.67. The van der Waals surface area contributed by atoms with Crippen LogP contribution in [0.2, 0.25) is 0 Å². The maximum Gasteiger partial charge on any atom is 0.264 e. The van der Waals surface area contributed by atoms with E-state index in [0.29, 0.717) is 35.9 Å². The minimum absolute atomic E-state index is 0.138. The van der Waals surface area contributed by atoms with Crippen LogP contribution in [0.4, 0.5) is 0 Å². The van der Waals surface area contributed by atoms with E-state index in [9.17, 15) is 8.42 Å². The Morgan fingerprint density at radius 1 is 1.06 bits per heavy atom. The Bertz CT molecular complexity index is 1110. The third-order valence-electron chi connectivity index (χ3n) is 4.30. The van der Waals surface area contributed by atoms with Gasteiger partial charge in [0.25, 0.3) is 10.1 Å². The van der Waals surface area contributed by atoms with Crippen molar-refractivity contribution in [1.29, 1.82) is 0 Å². The maximum absolute atomic E-state index is 11.0. The van der Waals surface area contributed by atoms with Gasteiger partial charge in [-0.15, -0.1) is 0 Å². The molecule has 0 saturated heterocycles. The molecule has 0 N–H and O–H groups in total. The average molecular weight is 444 g/mol. The molecule has 1 heterocycles. The fourth-order valence-electron chi connectivity index (χ4n) is 2.82. The molecule has 0 aliphatic heterocycles. The standard InChI is InChI=1S/C23H25NO6S/c1-27-21-12-10-19(9-6-14-30-31(2,25)26)15-22(21)28-16-20-17-29-23(24-20)13-11-18-7-4-3-5-8-18/h3-5,7-8,10-13,15,17H,6,9,14,16H2,1-2H3. The molecule has 1 aromatic heterocycles. The molecule has 164 valence electrons. The molecule has 3 aromatic rings. The number of hydrogen-bond acceptors (Lipinski definition) is 7. The Morgan fingerprint density at radius 2 is 1.87 bits per heavy atom. The number of nitrogens with zero attached hydrogens (tertiary/aromatic N) is 1. The highest BCUT2D eigenvalue weighted by atomic mass is 32.2. The molecule has 0 fully saturated rings. The second-order valence-electron chi connectivity index (χ2n) is 6.82. The number of aryl methyl sites for hydroxylation is 1. The Morgan fingerprint density at radius 3 is 2.61 bits per heavy atom. The van der Waals surface area contributed by atoms with E-state index >= 15 is 0 Å². The molecule has 3 rings (SSSR count). The van der Waals surface area contributed by atoms with E-state index in [0.717, 1.165) is 17.4 Å². The van der Waals surface area contributed by atoms with Crippen LogP contribution < -0.4 is 9.47 Å². The Hall–Kier alpha value is -3.10. The number of methoxy groups -OCH3 is 1. The molecular weight excluding hydrogens is 418 g/mol. The second-order valence-corrected chi connectivity index (χ2v) is 8.47. The van der Waals surface area contributed by atoms with Gasteiger partial charge in [-0.3, -0.25) is 4.18 Å². The average Bonchev–Trinajstić information content (AvgIpc) is 3.22. The molecule has 8 heteroatoms. The summed E-state index contributed by atoms with van der Waals surface area (Å²) in [6.07, 6.45) is 7.55. The first-order valence-electron chi connectivity index (χ1n) is 9.74. The van der Waals surface area contributed by atoms with E-state index in [2.05, 4.69) is 4.98 Å². The van der Waals surface area contributed by atoms with Gasteiger partial charge in [0.1, 0.15) is 18.6 Å². The van der Waals surface area contributed by atoms with E-state index in [1.807, 2.05) is 54.6 Å². The topological polar surface area (TPSA) is 87.9 Å². The predicted octanol–water partition coefficient (Wildman–Crippen LogP) is 4.34. The van der Waals surface area contributed by atoms with Crippen molar-refractivity contribution in [2.75, 3.05) is 20.0 Å². The molecule has 0 saturated carbocycles. The highest BCUT2D eigenvalue weighted by molar-refractivity contribution is 7.85. The molecule has 0 radical (unpaired) electrons. The summed E-state index contributed by atoms with van der Waals surface area (Å²) >= 11 is 0. The minimum Gasteiger partial charge on any atom is -0.493 e. The maximum atomic E-state index is 11.0. The van der Waals surface area contributed by atoms with Crippen molar-refractivity contribution >= 4 is 22.3 Å². The largest absolute Gasteiger partial charge is 0.493 e. The van der Waals surface area contributed by atoms with Crippen LogP contribution in [0.5, 0.6) is 11.5 Å². The van der Waals surface area contributed by atoms with Gasteiger partial charge < -0.3 is 13.9 Å². The lowest BCUT2D eigenvalue weighted by molar-refractivity contribution is 0.280. The van der Waals surface area contributed by atoms with Crippen LogP contribution in [0.3, 0.4) is 0 Å². The van der Waals surface area contributed by atoms with Crippen LogP contribution in [0.25, 0.3) is 12.2 Å².